The fourth-order valence-corrected chi connectivity index (χ4v) is 4.47. The van der Waals surface area contributed by atoms with Gasteiger partial charge >= 0.3 is 5.97 Å². The highest BCUT2D eigenvalue weighted by molar-refractivity contribution is 7.97. The van der Waals surface area contributed by atoms with E-state index < -0.39 is 63.2 Å². The number of benzene rings is 2. The number of phenols is 1. The normalized spacial score (nSPS) is 13.9. The molecule has 0 aliphatic carbocycles. The highest BCUT2D eigenvalue weighted by atomic mass is 32.2. The van der Waals surface area contributed by atoms with Gasteiger partial charge in [0.2, 0.25) is 11.7 Å². The number of allylic oxidation sites excluding steroid dienone is 3. The van der Waals surface area contributed by atoms with E-state index in [4.69, 9.17) is 5.11 Å². The minimum absolute atomic E-state index is 0.0155. The maximum absolute atomic E-state index is 14.3. The van der Waals surface area contributed by atoms with Gasteiger partial charge in [-0.25, -0.2) is 31.1 Å². The van der Waals surface area contributed by atoms with Crippen LogP contribution in [0.5, 0.6) is 5.75 Å². The molecule has 0 heterocycles. The van der Waals surface area contributed by atoms with Crippen LogP contribution in [0.1, 0.15) is 44.5 Å². The Balaban J connectivity index is 2.45. The summed E-state index contributed by atoms with van der Waals surface area (Å²) in [6, 6.07) is 2.27. The predicted octanol–water partition coefficient (Wildman–Crippen LogP) is 6.06. The van der Waals surface area contributed by atoms with Crippen molar-refractivity contribution in [3.8, 4) is 5.75 Å². The Kier molecular flexibility index (Phi) is 11.9. The Bertz CT molecular complexity index is 1340. The lowest BCUT2D eigenvalue weighted by molar-refractivity contribution is -0.121. The average molecular weight is 603 g/mol. The van der Waals surface area contributed by atoms with Crippen LogP contribution in [-0.4, -0.2) is 57.7 Å². The zero-order valence-corrected chi connectivity index (χ0v) is 23.8. The van der Waals surface area contributed by atoms with Crippen molar-refractivity contribution >= 4 is 29.5 Å². The summed E-state index contributed by atoms with van der Waals surface area (Å²) in [5.41, 5.74) is 1.31. The molecule has 0 radical (unpaired) electrons. The lowest BCUT2D eigenvalue weighted by Gasteiger charge is -2.30. The van der Waals surface area contributed by atoms with Crippen molar-refractivity contribution in [1.82, 2.24) is 4.31 Å². The second-order valence-corrected chi connectivity index (χ2v) is 10.6. The van der Waals surface area contributed by atoms with Gasteiger partial charge < -0.3 is 20.2 Å². The molecular formula is C28H31F5N2O5S. The first-order valence-corrected chi connectivity index (χ1v) is 13.1. The van der Waals surface area contributed by atoms with Crippen LogP contribution in [0, 0.1) is 35.0 Å². The Labute approximate surface area is 238 Å². The standard InChI is InChI=1S/C28H31F5N2O5S/c1-14(6-7-15(2)16(3)10-11-36)13-35(18-8-9-19(28(39)40)20(37)12-18)27(38)17(4)34(5)41-26-24(32)22(30)21(29)23(31)25(26)33/h6-9,12,16-17,36-37H,10-11,13H2,1-5H3,(H,39,40)/b14-6+,15-7+. The van der Waals surface area contributed by atoms with E-state index in [1.165, 1.54) is 24.9 Å². The van der Waals surface area contributed by atoms with Gasteiger partial charge in [0.05, 0.1) is 6.04 Å². The SMILES string of the molecule is C/C(=C\C=C(/C)C(C)CCO)CN(C(=O)C(C)N(C)Sc1c(F)c(F)c(F)c(F)c1F)c1ccc(C(=O)O)c(O)c1. The lowest BCUT2D eigenvalue weighted by Crippen LogP contribution is -2.44. The minimum Gasteiger partial charge on any atom is -0.507 e. The molecule has 0 saturated heterocycles. The summed E-state index contributed by atoms with van der Waals surface area (Å²) in [6.07, 6.45) is 4.12. The zero-order valence-electron chi connectivity index (χ0n) is 23.0. The van der Waals surface area contributed by atoms with Crippen molar-refractivity contribution in [3.63, 3.8) is 0 Å². The second-order valence-electron chi connectivity index (χ2n) is 9.48. The molecule has 2 rings (SSSR count). The zero-order chi connectivity index (χ0) is 31.2. The Morgan fingerprint density at radius 2 is 1.54 bits per heavy atom. The van der Waals surface area contributed by atoms with E-state index in [0.717, 1.165) is 22.0 Å². The summed E-state index contributed by atoms with van der Waals surface area (Å²) < 4.78 is 70.4. The number of likely N-dealkylation sites (N-methyl/N-ethyl adjacent to an activating group) is 1. The summed E-state index contributed by atoms with van der Waals surface area (Å²) >= 11 is 0.151. The van der Waals surface area contributed by atoms with Crippen LogP contribution in [0.25, 0.3) is 0 Å². The Morgan fingerprint density at radius 3 is 2.05 bits per heavy atom. The van der Waals surface area contributed by atoms with Crippen LogP contribution in [0.3, 0.4) is 0 Å². The van der Waals surface area contributed by atoms with Crippen molar-refractivity contribution in [2.24, 2.45) is 5.92 Å². The number of aromatic carboxylic acids is 1. The maximum atomic E-state index is 14.3. The molecule has 3 N–H and O–H groups in total. The van der Waals surface area contributed by atoms with E-state index >= 15 is 0 Å². The van der Waals surface area contributed by atoms with Crippen molar-refractivity contribution in [2.45, 2.75) is 45.1 Å². The van der Waals surface area contributed by atoms with Crippen LogP contribution < -0.4 is 4.90 Å². The fourth-order valence-electron chi connectivity index (χ4n) is 3.60. The minimum atomic E-state index is -2.30. The number of hydrogen-bond donors (Lipinski definition) is 3. The molecule has 0 saturated carbocycles. The first-order chi connectivity index (χ1) is 19.1. The van der Waals surface area contributed by atoms with E-state index in [2.05, 4.69) is 0 Å². The Morgan fingerprint density at radius 1 is 0.976 bits per heavy atom. The molecule has 7 nitrogen and oxygen atoms in total. The number of aliphatic hydroxyl groups is 1. The van der Waals surface area contributed by atoms with Crippen molar-refractivity contribution in [3.05, 3.63) is 76.1 Å². The number of aromatic hydroxyl groups is 1. The fraction of sp³-hybridized carbons (Fsp3) is 0.357. The number of amides is 1. The average Bonchev–Trinajstić information content (AvgIpc) is 2.93. The molecule has 0 spiro atoms. The quantitative estimate of drug-likeness (QED) is 0.0893. The molecule has 41 heavy (non-hydrogen) atoms. The number of nitrogens with zero attached hydrogens (tertiary/aromatic N) is 2. The molecule has 2 unspecified atom stereocenters. The Hall–Kier alpha value is -3.42. The van der Waals surface area contributed by atoms with E-state index in [0.29, 0.717) is 12.0 Å². The third-order valence-electron chi connectivity index (χ3n) is 6.47. The number of halogens is 5. The first kappa shape index (κ1) is 33.8. The highest BCUT2D eigenvalue weighted by Gasteiger charge is 2.31. The van der Waals surface area contributed by atoms with Crippen molar-refractivity contribution < 1.29 is 46.9 Å². The third kappa shape index (κ3) is 8.08. The van der Waals surface area contributed by atoms with Gasteiger partial charge in [0, 0.05) is 24.9 Å². The van der Waals surface area contributed by atoms with Gasteiger partial charge in [0.1, 0.15) is 16.2 Å². The summed E-state index contributed by atoms with van der Waals surface area (Å²) in [4.78, 5) is 25.0. The number of rotatable bonds is 12. The predicted molar refractivity (Wildman–Crippen MR) is 145 cm³/mol. The molecule has 224 valence electrons. The van der Waals surface area contributed by atoms with E-state index in [1.54, 1.807) is 13.0 Å². The highest BCUT2D eigenvalue weighted by Crippen LogP contribution is 2.34. The number of anilines is 1. The smallest absolute Gasteiger partial charge is 0.339 e. The number of hydrogen-bond acceptors (Lipinski definition) is 6. The molecule has 2 aromatic rings. The second kappa shape index (κ2) is 14.5. The number of carbonyl (C=O) groups is 2. The first-order valence-electron chi connectivity index (χ1n) is 12.4. The molecule has 0 bridgehead atoms. The van der Waals surface area contributed by atoms with Crippen molar-refractivity contribution in [1.29, 1.82) is 0 Å². The van der Waals surface area contributed by atoms with Gasteiger partial charge in [-0.05, 0) is 64.2 Å². The molecule has 2 aromatic carbocycles. The molecular weight excluding hydrogens is 571 g/mol. The molecule has 0 aromatic heterocycles. The van der Waals surface area contributed by atoms with Crippen LogP contribution in [0.15, 0.2) is 46.4 Å². The number of aliphatic hydroxyl groups excluding tert-OH is 1. The van der Waals surface area contributed by atoms with Crippen molar-refractivity contribution in [2.75, 3.05) is 25.1 Å². The van der Waals surface area contributed by atoms with E-state index in [-0.39, 0.29) is 36.7 Å². The monoisotopic (exact) mass is 602 g/mol. The maximum Gasteiger partial charge on any atom is 0.339 e. The van der Waals surface area contributed by atoms with Gasteiger partial charge in [-0.15, -0.1) is 0 Å². The summed E-state index contributed by atoms with van der Waals surface area (Å²) in [5, 5.41) is 28.6. The van der Waals surface area contributed by atoms with Gasteiger partial charge in [0.25, 0.3) is 0 Å². The number of carboxylic acid groups (broad SMARTS) is 1. The van der Waals surface area contributed by atoms with E-state index in [9.17, 15) is 41.8 Å². The molecule has 0 aliphatic heterocycles. The molecule has 1 amide bonds. The topological polar surface area (TPSA) is 101 Å². The summed E-state index contributed by atoms with van der Waals surface area (Å²) in [7, 11) is 1.23. The van der Waals surface area contributed by atoms with Crippen LogP contribution in [0.4, 0.5) is 27.6 Å². The molecule has 0 fully saturated rings. The van der Waals surface area contributed by atoms with E-state index in [1.807, 2.05) is 19.9 Å². The lowest BCUT2D eigenvalue weighted by atomic mass is 9.99. The summed E-state index contributed by atoms with van der Waals surface area (Å²) in [6.45, 7) is 6.83. The molecule has 0 aliphatic rings. The molecule has 13 heteroatoms. The largest absolute Gasteiger partial charge is 0.507 e. The number of carboxylic acids is 1. The third-order valence-corrected chi connectivity index (χ3v) is 7.62. The van der Waals surface area contributed by atoms with Gasteiger partial charge in [-0.1, -0.05) is 30.2 Å². The van der Waals surface area contributed by atoms with Gasteiger partial charge in [-0.3, -0.25) is 4.79 Å². The number of carbonyl (C=O) groups excluding carboxylic acids is 1. The van der Waals surface area contributed by atoms with Crippen LogP contribution >= 0.6 is 11.9 Å². The molecule has 2 atom stereocenters. The van der Waals surface area contributed by atoms with Gasteiger partial charge in [-0.2, -0.15) is 0 Å². The van der Waals surface area contributed by atoms with Gasteiger partial charge in [0.15, 0.2) is 23.3 Å². The van der Waals surface area contributed by atoms with Crippen LogP contribution in [-0.2, 0) is 4.79 Å². The van der Waals surface area contributed by atoms with Crippen LogP contribution in [0.2, 0.25) is 0 Å². The summed E-state index contributed by atoms with van der Waals surface area (Å²) in [5.74, 6) is -13.2.